The summed E-state index contributed by atoms with van der Waals surface area (Å²) in [4.78, 5) is 42.0. The lowest BCUT2D eigenvalue weighted by Gasteiger charge is -2.53. The van der Waals surface area contributed by atoms with E-state index >= 15 is 0 Å². The molecule has 0 radical (unpaired) electrons. The van der Waals surface area contributed by atoms with Crippen molar-refractivity contribution in [2.24, 2.45) is 5.92 Å². The zero-order chi connectivity index (χ0) is 26.0. The van der Waals surface area contributed by atoms with Crippen LogP contribution in [0.25, 0.3) is 0 Å². The molecule has 2 unspecified atom stereocenters. The molecular weight excluding hydrogens is 480 g/mol. The van der Waals surface area contributed by atoms with Crippen LogP contribution in [-0.4, -0.2) is 58.3 Å². The molecule has 2 aromatic carbocycles. The maximum absolute atomic E-state index is 13.2. The second kappa shape index (κ2) is 8.67. The Morgan fingerprint density at radius 1 is 1.00 bits per heavy atom. The number of piperidine rings is 2. The van der Waals surface area contributed by atoms with Gasteiger partial charge in [0.25, 0.3) is 11.8 Å². The fourth-order valence-electron chi connectivity index (χ4n) is 7.18. The lowest BCUT2D eigenvalue weighted by molar-refractivity contribution is -0.160. The summed E-state index contributed by atoms with van der Waals surface area (Å²) in [5.41, 5.74) is 2.54. The van der Waals surface area contributed by atoms with Gasteiger partial charge in [-0.25, -0.2) is 0 Å². The monoisotopic (exact) mass is 510 g/mol. The number of benzene rings is 2. The minimum Gasteiger partial charge on any atom is -0.489 e. The van der Waals surface area contributed by atoms with Crippen LogP contribution < -0.4 is 10.1 Å². The number of likely N-dealkylation sites (tertiary alicyclic amines) is 1. The third-order valence-electron chi connectivity index (χ3n) is 9.42. The van der Waals surface area contributed by atoms with E-state index in [1.807, 2.05) is 36.4 Å². The number of ether oxygens (including phenoxy) is 1. The smallest absolute Gasteiger partial charge is 0.255 e. The number of carbonyl (C=O) groups excluding carboxylic acids is 3. The number of carbonyl (C=O) groups is 3. The highest BCUT2D eigenvalue weighted by Gasteiger charge is 2.63. The molecule has 5 fully saturated rings. The summed E-state index contributed by atoms with van der Waals surface area (Å²) in [7, 11) is 0. The molecule has 4 aliphatic heterocycles. The van der Waals surface area contributed by atoms with Crippen LogP contribution in [0.15, 0.2) is 42.5 Å². The summed E-state index contributed by atoms with van der Waals surface area (Å²) < 4.78 is 6.58. The fraction of sp³-hybridized carbons (Fsp3) is 0.467. The lowest BCUT2D eigenvalue weighted by atomic mass is 9.63. The number of amides is 3. The number of imide groups is 1. The molecule has 8 rings (SSSR count). The van der Waals surface area contributed by atoms with E-state index in [0.29, 0.717) is 42.5 Å². The Morgan fingerprint density at radius 3 is 2.61 bits per heavy atom. The Labute approximate surface area is 221 Å². The Balaban J connectivity index is 1.03. The van der Waals surface area contributed by atoms with Gasteiger partial charge in [0, 0.05) is 43.1 Å². The molecule has 2 aromatic rings. The highest BCUT2D eigenvalue weighted by Crippen LogP contribution is 2.49. The number of nitriles is 1. The van der Waals surface area contributed by atoms with E-state index in [9.17, 15) is 19.6 Å². The first-order valence-corrected chi connectivity index (χ1v) is 13.7. The van der Waals surface area contributed by atoms with Gasteiger partial charge in [0.05, 0.1) is 11.6 Å². The molecule has 194 valence electrons. The van der Waals surface area contributed by atoms with Gasteiger partial charge in [-0.1, -0.05) is 18.6 Å². The van der Waals surface area contributed by atoms with E-state index in [-0.39, 0.29) is 29.7 Å². The van der Waals surface area contributed by atoms with Crippen molar-refractivity contribution in [3.63, 3.8) is 0 Å². The van der Waals surface area contributed by atoms with Crippen LogP contribution in [0.4, 0.5) is 0 Å². The molecule has 2 bridgehead atoms. The molecular formula is C30H30N4O4. The second-order valence-corrected chi connectivity index (χ2v) is 11.6. The van der Waals surface area contributed by atoms with Gasteiger partial charge in [-0.15, -0.1) is 0 Å². The average Bonchev–Trinajstić information content (AvgIpc) is 3.19. The van der Waals surface area contributed by atoms with E-state index in [4.69, 9.17) is 4.74 Å². The Hall–Kier alpha value is -3.70. The van der Waals surface area contributed by atoms with E-state index in [1.54, 1.807) is 4.90 Å². The van der Waals surface area contributed by atoms with E-state index in [0.717, 1.165) is 43.7 Å². The number of fused-ring (bicyclic) bond motifs is 3. The van der Waals surface area contributed by atoms with Gasteiger partial charge in [-0.05, 0) is 73.6 Å². The maximum atomic E-state index is 13.2. The van der Waals surface area contributed by atoms with Crippen LogP contribution in [-0.2, 0) is 16.1 Å². The van der Waals surface area contributed by atoms with Gasteiger partial charge in [-0.3, -0.25) is 24.6 Å². The SMILES string of the molecule is N#Cc1cccc(C2CN(C3CCCCC3Oc3ccc4c(c3)CN(C35CC(C3)C(=O)NC5=O)C4=O)C2)c1. The van der Waals surface area contributed by atoms with E-state index in [1.165, 1.54) is 12.0 Å². The average molecular weight is 511 g/mol. The van der Waals surface area contributed by atoms with Crippen LogP contribution >= 0.6 is 0 Å². The van der Waals surface area contributed by atoms with Crippen molar-refractivity contribution in [1.82, 2.24) is 15.1 Å². The van der Waals surface area contributed by atoms with Gasteiger partial charge in [0.1, 0.15) is 17.4 Å². The van der Waals surface area contributed by atoms with Crippen LogP contribution in [0.2, 0.25) is 0 Å². The van der Waals surface area contributed by atoms with Crippen molar-refractivity contribution in [3.8, 4) is 11.8 Å². The Morgan fingerprint density at radius 2 is 1.82 bits per heavy atom. The van der Waals surface area contributed by atoms with Crippen LogP contribution in [0.1, 0.15) is 71.5 Å². The topological polar surface area (TPSA) is 103 Å². The van der Waals surface area contributed by atoms with Crippen molar-refractivity contribution >= 4 is 17.7 Å². The number of nitrogens with one attached hydrogen (secondary N) is 1. The molecule has 2 saturated carbocycles. The third kappa shape index (κ3) is 3.56. The van der Waals surface area contributed by atoms with Crippen LogP contribution in [0.3, 0.4) is 0 Å². The number of nitrogens with zero attached hydrogens (tertiary/aromatic N) is 3. The summed E-state index contributed by atoms with van der Waals surface area (Å²) in [6, 6.07) is 16.2. The number of hydrogen-bond acceptors (Lipinski definition) is 6. The summed E-state index contributed by atoms with van der Waals surface area (Å²) >= 11 is 0. The summed E-state index contributed by atoms with van der Waals surface area (Å²) in [6.07, 6.45) is 5.35. The molecule has 4 heterocycles. The number of hydrogen-bond donors (Lipinski definition) is 1. The third-order valence-corrected chi connectivity index (χ3v) is 9.42. The van der Waals surface area contributed by atoms with Crippen molar-refractivity contribution in [2.45, 2.75) is 68.7 Å². The predicted octanol–water partition coefficient (Wildman–Crippen LogP) is 3.11. The summed E-state index contributed by atoms with van der Waals surface area (Å²) in [6.45, 7) is 2.31. The standard InChI is InChI=1S/C30H30N4O4/c31-14-18-4-3-5-19(10-18)22-15-33(16-22)25-6-1-2-7-26(25)38-23-8-9-24-20(11-23)17-34(28(24)36)30-12-21(13-30)27(35)32-29(30)37/h3-5,8-11,21-22,25-26H,1-2,6-7,12-13,15-17H2,(H,32,35,37). The highest BCUT2D eigenvalue weighted by molar-refractivity contribution is 6.10. The molecule has 2 atom stereocenters. The van der Waals surface area contributed by atoms with E-state index < -0.39 is 5.54 Å². The van der Waals surface area contributed by atoms with Crippen molar-refractivity contribution in [3.05, 3.63) is 64.7 Å². The van der Waals surface area contributed by atoms with Gasteiger partial charge >= 0.3 is 0 Å². The molecule has 0 spiro atoms. The molecule has 2 aliphatic carbocycles. The maximum Gasteiger partial charge on any atom is 0.255 e. The van der Waals surface area contributed by atoms with Gasteiger partial charge < -0.3 is 9.64 Å². The fourth-order valence-corrected chi connectivity index (χ4v) is 7.18. The normalized spacial score (nSPS) is 30.7. The molecule has 6 aliphatic rings. The zero-order valence-corrected chi connectivity index (χ0v) is 21.2. The summed E-state index contributed by atoms with van der Waals surface area (Å²) in [5.74, 6) is 0.324. The van der Waals surface area contributed by atoms with Gasteiger partial charge in [0.15, 0.2) is 0 Å². The number of rotatable bonds is 5. The molecule has 8 heteroatoms. The minimum atomic E-state index is -0.898. The highest BCUT2D eigenvalue weighted by atomic mass is 16.5. The summed E-state index contributed by atoms with van der Waals surface area (Å²) in [5, 5.41) is 11.7. The molecule has 38 heavy (non-hydrogen) atoms. The van der Waals surface area contributed by atoms with Crippen LogP contribution in [0, 0.1) is 17.2 Å². The quantitative estimate of drug-likeness (QED) is 0.620. The van der Waals surface area contributed by atoms with Gasteiger partial charge in [0.2, 0.25) is 5.91 Å². The zero-order valence-electron chi connectivity index (χ0n) is 21.2. The Kier molecular flexibility index (Phi) is 5.34. The lowest BCUT2D eigenvalue weighted by Crippen LogP contribution is -2.73. The molecule has 8 nitrogen and oxygen atoms in total. The largest absolute Gasteiger partial charge is 0.489 e. The Bertz CT molecular complexity index is 1380. The van der Waals surface area contributed by atoms with E-state index in [2.05, 4.69) is 22.4 Å². The second-order valence-electron chi connectivity index (χ2n) is 11.6. The van der Waals surface area contributed by atoms with Crippen LogP contribution in [0.5, 0.6) is 5.75 Å². The molecule has 0 aromatic heterocycles. The minimum absolute atomic E-state index is 0.0857. The van der Waals surface area contributed by atoms with Crippen molar-refractivity contribution in [1.29, 1.82) is 5.26 Å². The van der Waals surface area contributed by atoms with Crippen molar-refractivity contribution in [2.75, 3.05) is 13.1 Å². The van der Waals surface area contributed by atoms with Crippen molar-refractivity contribution < 1.29 is 19.1 Å². The first-order valence-electron chi connectivity index (χ1n) is 13.7. The molecule has 3 saturated heterocycles. The first kappa shape index (κ1) is 23.4. The molecule has 3 amide bonds. The molecule has 1 N–H and O–H groups in total. The first-order chi connectivity index (χ1) is 18.4. The van der Waals surface area contributed by atoms with Gasteiger partial charge in [-0.2, -0.15) is 5.26 Å². The predicted molar refractivity (Wildman–Crippen MR) is 137 cm³/mol.